The Hall–Kier alpha value is -1.75. The molecule has 2 rings (SSSR count). The lowest BCUT2D eigenvalue weighted by atomic mass is 9.97. The third kappa shape index (κ3) is 5.13. The van der Waals surface area contributed by atoms with E-state index in [4.69, 9.17) is 16.3 Å². The topological polar surface area (TPSA) is 58.6 Å². The van der Waals surface area contributed by atoms with Crippen LogP contribution in [0.5, 0.6) is 0 Å². The Labute approximate surface area is 141 Å². The van der Waals surface area contributed by atoms with Crippen molar-refractivity contribution in [1.29, 1.82) is 0 Å². The van der Waals surface area contributed by atoms with E-state index in [1.165, 1.54) is 0 Å². The molecule has 126 valence electrons. The van der Waals surface area contributed by atoms with Crippen molar-refractivity contribution in [3.8, 4) is 0 Å². The highest BCUT2D eigenvalue weighted by Gasteiger charge is 2.31. The van der Waals surface area contributed by atoms with E-state index >= 15 is 0 Å². The third-order valence-electron chi connectivity index (χ3n) is 3.58. The van der Waals surface area contributed by atoms with Crippen molar-refractivity contribution in [2.75, 3.05) is 18.4 Å². The van der Waals surface area contributed by atoms with Gasteiger partial charge in [-0.15, -0.1) is 0 Å². The fraction of sp³-hybridized carbons (Fsp3) is 0.529. The summed E-state index contributed by atoms with van der Waals surface area (Å²) < 4.78 is 5.38. The van der Waals surface area contributed by atoms with Gasteiger partial charge in [-0.1, -0.05) is 23.7 Å². The average molecular weight is 339 g/mol. The number of amides is 2. The van der Waals surface area contributed by atoms with Crippen molar-refractivity contribution in [2.24, 2.45) is 5.92 Å². The Morgan fingerprint density at radius 2 is 2.00 bits per heavy atom. The monoisotopic (exact) mass is 338 g/mol. The van der Waals surface area contributed by atoms with Gasteiger partial charge in [-0.2, -0.15) is 0 Å². The molecule has 1 aliphatic heterocycles. The molecule has 6 heteroatoms. The number of likely N-dealkylation sites (tertiary alicyclic amines) is 1. The van der Waals surface area contributed by atoms with Crippen LogP contribution in [-0.2, 0) is 9.53 Å². The van der Waals surface area contributed by atoms with Crippen molar-refractivity contribution < 1.29 is 14.3 Å². The lowest BCUT2D eigenvalue weighted by Gasteiger charge is -2.33. The van der Waals surface area contributed by atoms with Crippen molar-refractivity contribution in [1.82, 2.24) is 4.90 Å². The minimum Gasteiger partial charge on any atom is -0.444 e. The van der Waals surface area contributed by atoms with Gasteiger partial charge in [0.15, 0.2) is 0 Å². The van der Waals surface area contributed by atoms with E-state index in [9.17, 15) is 9.59 Å². The van der Waals surface area contributed by atoms with Crippen LogP contribution in [0.15, 0.2) is 24.3 Å². The molecule has 1 fully saturated rings. The van der Waals surface area contributed by atoms with Crippen LogP contribution in [0.1, 0.15) is 33.6 Å². The summed E-state index contributed by atoms with van der Waals surface area (Å²) in [4.78, 5) is 26.2. The number of carbonyl (C=O) groups excluding carboxylic acids is 2. The molecule has 0 bridgehead atoms. The van der Waals surface area contributed by atoms with Gasteiger partial charge in [0.25, 0.3) is 0 Å². The van der Waals surface area contributed by atoms with Gasteiger partial charge in [0.05, 0.1) is 16.6 Å². The molecule has 23 heavy (non-hydrogen) atoms. The SMILES string of the molecule is CC(C)(C)OC(=O)N1CCCC(C(=O)Nc2ccccc2Cl)C1. The first-order chi connectivity index (χ1) is 10.8. The predicted molar refractivity (Wildman–Crippen MR) is 90.6 cm³/mol. The minimum absolute atomic E-state index is 0.119. The number of benzene rings is 1. The fourth-order valence-corrected chi connectivity index (χ4v) is 2.66. The molecule has 0 saturated carbocycles. The molecule has 1 aromatic rings. The Morgan fingerprint density at radius 1 is 1.30 bits per heavy atom. The smallest absolute Gasteiger partial charge is 0.410 e. The number of hydrogen-bond donors (Lipinski definition) is 1. The normalized spacial score (nSPS) is 18.4. The van der Waals surface area contributed by atoms with Crippen LogP contribution in [0, 0.1) is 5.92 Å². The van der Waals surface area contributed by atoms with Crippen LogP contribution in [0.4, 0.5) is 10.5 Å². The van der Waals surface area contributed by atoms with Crippen molar-refractivity contribution in [3.63, 3.8) is 0 Å². The quantitative estimate of drug-likeness (QED) is 0.889. The van der Waals surface area contributed by atoms with Gasteiger partial charge in [0.2, 0.25) is 5.91 Å². The van der Waals surface area contributed by atoms with Crippen molar-refractivity contribution in [2.45, 2.75) is 39.2 Å². The summed E-state index contributed by atoms with van der Waals surface area (Å²) in [5.41, 5.74) is 0.0534. The van der Waals surface area contributed by atoms with E-state index < -0.39 is 5.60 Å². The van der Waals surface area contributed by atoms with Crippen molar-refractivity contribution >= 4 is 29.3 Å². The first-order valence-electron chi connectivity index (χ1n) is 7.79. The second-order valence-corrected chi connectivity index (χ2v) is 7.14. The van der Waals surface area contributed by atoms with Gasteiger partial charge in [0.1, 0.15) is 5.60 Å². The number of carbonyl (C=O) groups is 2. The summed E-state index contributed by atoms with van der Waals surface area (Å²) >= 11 is 6.06. The number of piperidine rings is 1. The fourth-order valence-electron chi connectivity index (χ4n) is 2.48. The Morgan fingerprint density at radius 3 is 2.65 bits per heavy atom. The van der Waals surface area contributed by atoms with E-state index in [0.29, 0.717) is 23.8 Å². The molecule has 0 spiro atoms. The number of para-hydroxylation sites is 1. The van der Waals surface area contributed by atoms with Crippen molar-refractivity contribution in [3.05, 3.63) is 29.3 Å². The summed E-state index contributed by atoms with van der Waals surface area (Å²) in [6.45, 7) is 6.47. The molecule has 5 nitrogen and oxygen atoms in total. The van der Waals surface area contributed by atoms with Gasteiger partial charge >= 0.3 is 6.09 Å². The van der Waals surface area contributed by atoms with E-state index in [1.54, 1.807) is 17.0 Å². The van der Waals surface area contributed by atoms with E-state index in [-0.39, 0.29) is 17.9 Å². The second kappa shape index (κ2) is 7.21. The van der Waals surface area contributed by atoms with Gasteiger partial charge in [-0.25, -0.2) is 4.79 Å². The largest absolute Gasteiger partial charge is 0.444 e. The molecular formula is C17H23ClN2O3. The van der Waals surface area contributed by atoms with Crippen LogP contribution in [0.3, 0.4) is 0 Å². The lowest BCUT2D eigenvalue weighted by molar-refractivity contribution is -0.121. The zero-order valence-electron chi connectivity index (χ0n) is 13.8. The molecule has 1 N–H and O–H groups in total. The van der Waals surface area contributed by atoms with E-state index in [2.05, 4.69) is 5.32 Å². The molecule has 0 radical (unpaired) electrons. The van der Waals surface area contributed by atoms with E-state index in [1.807, 2.05) is 32.9 Å². The average Bonchev–Trinajstić information content (AvgIpc) is 2.48. The molecule has 2 amide bonds. The first kappa shape index (κ1) is 17.6. The zero-order valence-corrected chi connectivity index (χ0v) is 14.5. The summed E-state index contributed by atoms with van der Waals surface area (Å²) in [6, 6.07) is 7.11. The van der Waals surface area contributed by atoms with Crippen LogP contribution >= 0.6 is 11.6 Å². The minimum atomic E-state index is -0.538. The number of anilines is 1. The van der Waals surface area contributed by atoms with Crippen LogP contribution < -0.4 is 5.32 Å². The Kier molecular flexibility index (Phi) is 5.52. The summed E-state index contributed by atoms with van der Waals surface area (Å²) in [5.74, 6) is -0.376. The standard InChI is InChI=1S/C17H23ClN2O3/c1-17(2,3)23-16(22)20-10-6-7-12(11-20)15(21)19-14-9-5-4-8-13(14)18/h4-5,8-9,12H,6-7,10-11H2,1-3H3,(H,19,21). The highest BCUT2D eigenvalue weighted by Crippen LogP contribution is 2.24. The molecule has 1 saturated heterocycles. The number of ether oxygens (including phenoxy) is 1. The lowest BCUT2D eigenvalue weighted by Crippen LogP contribution is -2.45. The highest BCUT2D eigenvalue weighted by molar-refractivity contribution is 6.33. The number of hydrogen-bond acceptors (Lipinski definition) is 3. The number of nitrogens with zero attached hydrogens (tertiary/aromatic N) is 1. The first-order valence-corrected chi connectivity index (χ1v) is 8.17. The van der Waals surface area contributed by atoms with Crippen LogP contribution in [-0.4, -0.2) is 35.6 Å². The number of rotatable bonds is 2. The molecule has 1 atom stereocenters. The maximum atomic E-state index is 12.4. The highest BCUT2D eigenvalue weighted by atomic mass is 35.5. The third-order valence-corrected chi connectivity index (χ3v) is 3.91. The summed E-state index contributed by atoms with van der Waals surface area (Å²) in [7, 11) is 0. The number of nitrogens with one attached hydrogen (secondary N) is 1. The molecule has 0 aromatic heterocycles. The number of halogens is 1. The molecular weight excluding hydrogens is 316 g/mol. The van der Waals surface area contributed by atoms with Crippen LogP contribution in [0.25, 0.3) is 0 Å². The maximum Gasteiger partial charge on any atom is 0.410 e. The molecule has 0 aliphatic carbocycles. The van der Waals surface area contributed by atoms with Gasteiger partial charge < -0.3 is 15.0 Å². The van der Waals surface area contributed by atoms with Crippen LogP contribution in [0.2, 0.25) is 5.02 Å². The van der Waals surface area contributed by atoms with E-state index in [0.717, 1.165) is 12.8 Å². The second-order valence-electron chi connectivity index (χ2n) is 6.73. The predicted octanol–water partition coefficient (Wildman–Crippen LogP) is 3.93. The summed E-state index contributed by atoms with van der Waals surface area (Å²) in [5, 5.41) is 3.34. The zero-order chi connectivity index (χ0) is 17.0. The summed E-state index contributed by atoms with van der Waals surface area (Å²) in [6.07, 6.45) is 1.16. The maximum absolute atomic E-state index is 12.4. The Balaban J connectivity index is 1.96. The molecule has 1 aliphatic rings. The molecule has 1 heterocycles. The van der Waals surface area contributed by atoms with Gasteiger partial charge in [-0.05, 0) is 45.7 Å². The van der Waals surface area contributed by atoms with Gasteiger partial charge in [-0.3, -0.25) is 4.79 Å². The molecule has 1 aromatic carbocycles. The molecule has 1 unspecified atom stereocenters. The Bertz CT molecular complexity index is 583. The van der Waals surface area contributed by atoms with Gasteiger partial charge in [0, 0.05) is 13.1 Å².